The van der Waals surface area contributed by atoms with Gasteiger partial charge in [0.1, 0.15) is 0 Å². The molecule has 2 N–H and O–H groups in total. The van der Waals surface area contributed by atoms with Gasteiger partial charge in [0.25, 0.3) is 0 Å². The van der Waals surface area contributed by atoms with E-state index in [1.807, 2.05) is 0 Å². The predicted octanol–water partition coefficient (Wildman–Crippen LogP) is 3.00. The molecular weight excluding hydrogens is 222 g/mol. The van der Waals surface area contributed by atoms with Crippen LogP contribution in [0.15, 0.2) is 24.3 Å². The van der Waals surface area contributed by atoms with E-state index >= 15 is 0 Å². The monoisotopic (exact) mass is 245 g/mol. The summed E-state index contributed by atoms with van der Waals surface area (Å²) >= 11 is 0. The molecule has 2 nitrogen and oxygen atoms in total. The van der Waals surface area contributed by atoms with Gasteiger partial charge in [-0.15, -0.1) is 0 Å². The van der Waals surface area contributed by atoms with E-state index in [4.69, 9.17) is 10.5 Å². The topological polar surface area (TPSA) is 35.2 Å². The highest BCUT2D eigenvalue weighted by atomic mass is 16.5. The standard InChI is InChI=1S/C16H23NO/c17-14(11-15-6-3-4-8-18-15)10-13-9-12-5-1-2-7-16(12)13/h1-2,5,7,13-15H,3-4,6,8-11,17H2. The molecule has 1 aromatic carbocycles. The average molecular weight is 245 g/mol. The maximum absolute atomic E-state index is 6.29. The highest BCUT2D eigenvalue weighted by molar-refractivity contribution is 5.39. The molecule has 3 atom stereocenters. The summed E-state index contributed by atoms with van der Waals surface area (Å²) in [5.74, 6) is 0.694. The molecule has 0 amide bonds. The Bertz CT molecular complexity index is 398. The molecule has 18 heavy (non-hydrogen) atoms. The van der Waals surface area contributed by atoms with Crippen LogP contribution >= 0.6 is 0 Å². The van der Waals surface area contributed by atoms with Gasteiger partial charge >= 0.3 is 0 Å². The Kier molecular flexibility index (Phi) is 3.67. The summed E-state index contributed by atoms with van der Waals surface area (Å²) in [6, 6.07) is 9.06. The summed E-state index contributed by atoms with van der Waals surface area (Å²) in [7, 11) is 0. The number of fused-ring (bicyclic) bond motifs is 1. The summed E-state index contributed by atoms with van der Waals surface area (Å²) in [6.07, 6.45) is 7.54. The molecule has 0 bridgehead atoms. The fourth-order valence-electron chi connectivity index (χ4n) is 3.37. The molecule has 2 heteroatoms. The number of nitrogens with two attached hydrogens (primary N) is 1. The van der Waals surface area contributed by atoms with E-state index < -0.39 is 0 Å². The molecule has 0 spiro atoms. The normalized spacial score (nSPS) is 28.3. The van der Waals surface area contributed by atoms with Crippen molar-refractivity contribution in [2.24, 2.45) is 5.73 Å². The maximum Gasteiger partial charge on any atom is 0.0589 e. The van der Waals surface area contributed by atoms with Gasteiger partial charge in [-0.3, -0.25) is 0 Å². The first kappa shape index (κ1) is 12.2. The smallest absolute Gasteiger partial charge is 0.0589 e. The van der Waals surface area contributed by atoms with Gasteiger partial charge in [-0.25, -0.2) is 0 Å². The number of ether oxygens (including phenoxy) is 1. The van der Waals surface area contributed by atoms with E-state index in [1.54, 1.807) is 0 Å². The van der Waals surface area contributed by atoms with Crippen LogP contribution in [0.25, 0.3) is 0 Å². The molecule has 1 fully saturated rings. The molecule has 0 radical (unpaired) electrons. The van der Waals surface area contributed by atoms with Crippen molar-refractivity contribution in [3.63, 3.8) is 0 Å². The Labute approximate surface area is 110 Å². The lowest BCUT2D eigenvalue weighted by Crippen LogP contribution is -2.33. The zero-order valence-corrected chi connectivity index (χ0v) is 11.0. The molecule has 1 saturated heterocycles. The van der Waals surface area contributed by atoms with Crippen LogP contribution in [0.5, 0.6) is 0 Å². The van der Waals surface area contributed by atoms with Gasteiger partial charge in [0.05, 0.1) is 6.10 Å². The van der Waals surface area contributed by atoms with Gasteiger partial charge in [0.2, 0.25) is 0 Å². The van der Waals surface area contributed by atoms with Crippen LogP contribution in [0, 0.1) is 0 Å². The largest absolute Gasteiger partial charge is 0.378 e. The maximum atomic E-state index is 6.29. The van der Waals surface area contributed by atoms with Gasteiger partial charge in [0.15, 0.2) is 0 Å². The van der Waals surface area contributed by atoms with Crippen molar-refractivity contribution in [1.82, 2.24) is 0 Å². The Morgan fingerprint density at radius 2 is 2.11 bits per heavy atom. The van der Waals surface area contributed by atoms with Gasteiger partial charge < -0.3 is 10.5 Å². The lowest BCUT2D eigenvalue weighted by Gasteiger charge is -2.33. The summed E-state index contributed by atoms with van der Waals surface area (Å²) in [4.78, 5) is 0. The van der Waals surface area contributed by atoms with E-state index in [1.165, 1.54) is 36.8 Å². The molecule has 1 heterocycles. The summed E-state index contributed by atoms with van der Waals surface area (Å²) in [6.45, 7) is 0.934. The average Bonchev–Trinajstić information content (AvgIpc) is 2.37. The van der Waals surface area contributed by atoms with Gasteiger partial charge in [-0.05, 0) is 55.6 Å². The van der Waals surface area contributed by atoms with E-state index in [0.717, 1.165) is 19.4 Å². The van der Waals surface area contributed by atoms with Crippen molar-refractivity contribution in [3.8, 4) is 0 Å². The summed E-state index contributed by atoms with van der Waals surface area (Å²) in [5, 5.41) is 0. The van der Waals surface area contributed by atoms with Crippen molar-refractivity contribution >= 4 is 0 Å². The Morgan fingerprint density at radius 1 is 1.22 bits per heavy atom. The molecule has 3 rings (SSSR count). The fraction of sp³-hybridized carbons (Fsp3) is 0.625. The quantitative estimate of drug-likeness (QED) is 0.885. The molecule has 3 unspecified atom stereocenters. The third-order valence-corrected chi connectivity index (χ3v) is 4.39. The van der Waals surface area contributed by atoms with Crippen LogP contribution in [0.4, 0.5) is 0 Å². The molecule has 0 aromatic heterocycles. The Balaban J connectivity index is 1.49. The molecule has 1 aliphatic carbocycles. The SMILES string of the molecule is NC(CC1CCCCO1)CC1Cc2ccccc21. The second-order valence-electron chi connectivity index (χ2n) is 5.82. The third-order valence-electron chi connectivity index (χ3n) is 4.39. The van der Waals surface area contributed by atoms with Gasteiger partial charge in [0, 0.05) is 12.6 Å². The van der Waals surface area contributed by atoms with E-state index in [2.05, 4.69) is 24.3 Å². The first-order valence-corrected chi connectivity index (χ1v) is 7.28. The second-order valence-corrected chi connectivity index (χ2v) is 5.82. The molecule has 98 valence electrons. The highest BCUT2D eigenvalue weighted by Crippen LogP contribution is 2.38. The van der Waals surface area contributed by atoms with Gasteiger partial charge in [-0.2, -0.15) is 0 Å². The Hall–Kier alpha value is -0.860. The molecule has 1 aliphatic heterocycles. The number of benzene rings is 1. The lowest BCUT2D eigenvalue weighted by molar-refractivity contribution is 0.00656. The minimum absolute atomic E-state index is 0.298. The summed E-state index contributed by atoms with van der Waals surface area (Å²) in [5.41, 5.74) is 9.33. The minimum atomic E-state index is 0.298. The van der Waals surface area contributed by atoms with Crippen LogP contribution in [0.3, 0.4) is 0 Å². The van der Waals surface area contributed by atoms with Crippen molar-refractivity contribution in [2.45, 2.75) is 56.6 Å². The van der Waals surface area contributed by atoms with Crippen molar-refractivity contribution in [1.29, 1.82) is 0 Å². The first-order chi connectivity index (χ1) is 8.83. The highest BCUT2D eigenvalue weighted by Gasteiger charge is 2.28. The number of hydrogen-bond donors (Lipinski definition) is 1. The third kappa shape index (κ3) is 2.60. The van der Waals surface area contributed by atoms with Crippen molar-refractivity contribution in [3.05, 3.63) is 35.4 Å². The zero-order chi connectivity index (χ0) is 12.4. The number of rotatable bonds is 4. The van der Waals surface area contributed by atoms with E-state index in [0.29, 0.717) is 18.1 Å². The van der Waals surface area contributed by atoms with Crippen LogP contribution in [0.1, 0.15) is 49.1 Å². The fourth-order valence-corrected chi connectivity index (χ4v) is 3.37. The predicted molar refractivity (Wildman–Crippen MR) is 73.7 cm³/mol. The van der Waals surface area contributed by atoms with Crippen LogP contribution in [-0.2, 0) is 11.2 Å². The first-order valence-electron chi connectivity index (χ1n) is 7.28. The molecule has 0 saturated carbocycles. The van der Waals surface area contributed by atoms with Crippen LogP contribution in [-0.4, -0.2) is 18.8 Å². The van der Waals surface area contributed by atoms with E-state index in [-0.39, 0.29) is 0 Å². The van der Waals surface area contributed by atoms with Crippen molar-refractivity contribution < 1.29 is 4.74 Å². The molecule has 1 aromatic rings. The van der Waals surface area contributed by atoms with Crippen LogP contribution in [0.2, 0.25) is 0 Å². The molecule has 2 aliphatic rings. The lowest BCUT2D eigenvalue weighted by atomic mass is 9.74. The number of hydrogen-bond acceptors (Lipinski definition) is 2. The van der Waals surface area contributed by atoms with Crippen molar-refractivity contribution in [2.75, 3.05) is 6.61 Å². The minimum Gasteiger partial charge on any atom is -0.378 e. The molecular formula is C16H23NO. The van der Waals surface area contributed by atoms with Gasteiger partial charge in [-0.1, -0.05) is 24.3 Å². The summed E-state index contributed by atoms with van der Waals surface area (Å²) < 4.78 is 5.77. The Morgan fingerprint density at radius 3 is 2.89 bits per heavy atom. The second kappa shape index (κ2) is 5.41. The zero-order valence-electron chi connectivity index (χ0n) is 11.0. The van der Waals surface area contributed by atoms with Crippen LogP contribution < -0.4 is 5.73 Å². The van der Waals surface area contributed by atoms with E-state index in [9.17, 15) is 0 Å².